The fourth-order valence-electron chi connectivity index (χ4n) is 5.77. The van der Waals surface area contributed by atoms with Crippen LogP contribution in [0.1, 0.15) is 0 Å². The normalized spacial score (nSPS) is 12.7. The van der Waals surface area contributed by atoms with Gasteiger partial charge in [0, 0.05) is 0 Å². The molecule has 196 valence electrons. The third kappa shape index (κ3) is 4.38. The molecule has 0 unspecified atom stereocenters. The molecule has 0 saturated carbocycles. The predicted molar refractivity (Wildman–Crippen MR) is 182 cm³/mol. The maximum atomic E-state index is 8.71. The van der Waals surface area contributed by atoms with Crippen molar-refractivity contribution in [2.24, 2.45) is 0 Å². The summed E-state index contributed by atoms with van der Waals surface area (Å²) in [5, 5.41) is 7.26. The molecule has 0 N–H and O–H groups in total. The van der Waals surface area contributed by atoms with Crippen LogP contribution in [-0.2, 0) is 0 Å². The monoisotopic (exact) mass is 572 g/mol. The van der Waals surface area contributed by atoms with Crippen molar-refractivity contribution in [3.63, 3.8) is 0 Å². The van der Waals surface area contributed by atoms with E-state index in [9.17, 15) is 0 Å². The molecule has 0 aliphatic carbocycles. The Kier molecular flexibility index (Phi) is 7.35. The quantitative estimate of drug-likeness (QED) is 0.175. The van der Waals surface area contributed by atoms with E-state index in [4.69, 9.17) is 11.2 Å². The van der Waals surface area contributed by atoms with Gasteiger partial charge in [-0.15, -0.1) is 0 Å². The van der Waals surface area contributed by atoms with Crippen molar-refractivity contribution in [2.45, 2.75) is 0 Å². The molecular formula is C37H31ClP2. The summed E-state index contributed by atoms with van der Waals surface area (Å²) in [5.41, 5.74) is 2.63. The topological polar surface area (TPSA) is 0 Å². The van der Waals surface area contributed by atoms with Crippen LogP contribution in [0.2, 0.25) is 0 Å². The number of rotatable bonds is 7. The molecule has 0 spiro atoms. The molecule has 6 aromatic rings. The average Bonchev–Trinajstić information content (AvgIpc) is 3.06. The van der Waals surface area contributed by atoms with Crippen molar-refractivity contribution in [2.75, 3.05) is 0 Å². The summed E-state index contributed by atoms with van der Waals surface area (Å²) >= 11 is 8.71. The molecule has 0 amide bonds. The Morgan fingerprint density at radius 2 is 0.575 bits per heavy atom. The van der Waals surface area contributed by atoms with Gasteiger partial charge in [0.15, 0.2) is 0 Å². The second kappa shape index (κ2) is 11.1. The Morgan fingerprint density at radius 1 is 0.350 bits per heavy atom. The molecule has 40 heavy (non-hydrogen) atoms. The van der Waals surface area contributed by atoms with Crippen molar-refractivity contribution < 1.29 is 0 Å². The van der Waals surface area contributed by atoms with Crippen LogP contribution >= 0.6 is 24.1 Å². The molecule has 0 aromatic heterocycles. The second-order valence-electron chi connectivity index (χ2n) is 9.93. The zero-order valence-electron chi connectivity index (χ0n) is 22.2. The minimum atomic E-state index is -3.75. The Morgan fingerprint density at radius 3 is 0.825 bits per heavy atom. The van der Waals surface area contributed by atoms with Gasteiger partial charge in [-0.2, -0.15) is 0 Å². The summed E-state index contributed by atoms with van der Waals surface area (Å²) in [4.78, 5) is 0. The summed E-state index contributed by atoms with van der Waals surface area (Å²) in [6, 6.07) is 65.1. The molecule has 0 atom stereocenters. The molecule has 0 aliphatic rings. The van der Waals surface area contributed by atoms with E-state index in [-0.39, 0.29) is 0 Å². The number of hydrogen-bond donors (Lipinski definition) is 0. The molecule has 0 aliphatic heterocycles. The van der Waals surface area contributed by atoms with Crippen molar-refractivity contribution in [3.8, 4) is 0 Å². The van der Waals surface area contributed by atoms with Crippen molar-refractivity contribution in [1.82, 2.24) is 0 Å². The molecule has 0 bridgehead atoms. The standard InChI is InChI=1S/C37H31ClP2/c38-40(35-25-13-4-14-26-35,36-27-15-5-16-28-36,37-29-17-6-18-30-37)31-39(32-19-7-1-8-20-32,33-21-9-2-10-22-33)34-23-11-3-12-24-34/h1-31H. The van der Waals surface area contributed by atoms with Crippen LogP contribution in [0.4, 0.5) is 0 Å². The molecule has 0 heterocycles. The molecular weight excluding hydrogens is 542 g/mol. The van der Waals surface area contributed by atoms with Crippen molar-refractivity contribution in [3.05, 3.63) is 182 Å². The zero-order chi connectivity index (χ0) is 27.3. The predicted octanol–water partition coefficient (Wildman–Crippen LogP) is 7.42. The molecule has 0 radical (unpaired) electrons. The Hall–Kier alpha value is -3.66. The molecule has 0 saturated heterocycles. The fourth-order valence-corrected chi connectivity index (χ4v) is 19.7. The van der Waals surface area contributed by atoms with E-state index in [0.29, 0.717) is 0 Å². The van der Waals surface area contributed by atoms with Gasteiger partial charge in [0.25, 0.3) is 0 Å². The van der Waals surface area contributed by atoms with Crippen LogP contribution in [0.3, 0.4) is 0 Å². The zero-order valence-corrected chi connectivity index (χ0v) is 24.7. The van der Waals surface area contributed by atoms with Crippen LogP contribution in [0.15, 0.2) is 182 Å². The number of hydrogen-bond acceptors (Lipinski definition) is 0. The van der Waals surface area contributed by atoms with Gasteiger partial charge in [-0.05, 0) is 0 Å². The summed E-state index contributed by atoms with van der Waals surface area (Å²) in [5.74, 6) is -3.75. The summed E-state index contributed by atoms with van der Waals surface area (Å²) in [7, 11) is 0. The van der Waals surface area contributed by atoms with Gasteiger partial charge in [-0.1, -0.05) is 0 Å². The average molecular weight is 573 g/mol. The van der Waals surface area contributed by atoms with Gasteiger partial charge in [-0.3, -0.25) is 0 Å². The Balaban J connectivity index is 1.93. The van der Waals surface area contributed by atoms with E-state index in [1.165, 1.54) is 15.9 Å². The van der Waals surface area contributed by atoms with Gasteiger partial charge in [0.1, 0.15) is 0 Å². The van der Waals surface area contributed by atoms with E-state index in [1.807, 2.05) is 0 Å². The van der Waals surface area contributed by atoms with Crippen LogP contribution < -0.4 is 31.8 Å². The van der Waals surface area contributed by atoms with Crippen molar-refractivity contribution in [1.29, 1.82) is 0 Å². The van der Waals surface area contributed by atoms with Gasteiger partial charge in [0.2, 0.25) is 0 Å². The first-order valence-electron chi connectivity index (χ1n) is 13.5. The Labute approximate surface area is 242 Å². The molecule has 6 aromatic carbocycles. The van der Waals surface area contributed by atoms with Crippen LogP contribution in [0.25, 0.3) is 0 Å². The Bertz CT molecular complexity index is 1530. The maximum absolute atomic E-state index is 8.71. The summed E-state index contributed by atoms with van der Waals surface area (Å²) in [6.07, 6.45) is 0. The van der Waals surface area contributed by atoms with E-state index in [1.54, 1.807) is 0 Å². The third-order valence-corrected chi connectivity index (χ3v) is 20.6. The van der Waals surface area contributed by atoms with Gasteiger partial charge in [-0.25, -0.2) is 0 Å². The van der Waals surface area contributed by atoms with Gasteiger partial charge >= 0.3 is 243 Å². The van der Waals surface area contributed by atoms with E-state index in [2.05, 4.69) is 188 Å². The first-order valence-corrected chi connectivity index (χ1v) is 18.6. The molecule has 3 heteroatoms. The van der Waals surface area contributed by atoms with E-state index >= 15 is 0 Å². The van der Waals surface area contributed by atoms with E-state index in [0.717, 1.165) is 15.9 Å². The van der Waals surface area contributed by atoms with Gasteiger partial charge < -0.3 is 0 Å². The van der Waals surface area contributed by atoms with Gasteiger partial charge in [0.05, 0.1) is 0 Å². The van der Waals surface area contributed by atoms with Crippen LogP contribution in [0.5, 0.6) is 0 Å². The molecule has 0 fully saturated rings. The van der Waals surface area contributed by atoms with Crippen LogP contribution in [0, 0.1) is 0 Å². The summed E-state index contributed by atoms with van der Waals surface area (Å²) < 4.78 is 0. The number of halogens is 1. The summed E-state index contributed by atoms with van der Waals surface area (Å²) in [6.45, 7) is -2.44. The fraction of sp³-hybridized carbons (Fsp3) is 0. The van der Waals surface area contributed by atoms with Crippen LogP contribution in [-0.4, -0.2) is 5.54 Å². The molecule has 6 rings (SSSR count). The third-order valence-electron chi connectivity index (χ3n) is 7.66. The second-order valence-corrected chi connectivity index (χ2v) is 19.6. The minimum absolute atomic E-state index is 1.14. The number of benzene rings is 6. The first-order chi connectivity index (χ1) is 19.7. The molecule has 0 nitrogen and oxygen atoms in total. The first kappa shape index (κ1) is 26.6. The van der Waals surface area contributed by atoms with Crippen molar-refractivity contribution >= 4 is 61.4 Å². The van der Waals surface area contributed by atoms with E-state index < -0.39 is 12.8 Å². The SMILES string of the molecule is ClP(C=P(c1ccccc1)(c1ccccc1)c1ccccc1)(c1ccccc1)(c1ccccc1)c1ccccc1.